The van der Waals surface area contributed by atoms with Gasteiger partial charge in [-0.25, -0.2) is 4.79 Å². The second kappa shape index (κ2) is 5.59. The number of nitrogens with two attached hydrogens (primary N) is 1. The molecule has 4 N–H and O–H groups in total. The monoisotopic (exact) mass is 265 g/mol. The molecule has 19 heavy (non-hydrogen) atoms. The van der Waals surface area contributed by atoms with Gasteiger partial charge in [0.1, 0.15) is 11.3 Å². The van der Waals surface area contributed by atoms with Crippen LogP contribution in [0.4, 0.5) is 0 Å². The van der Waals surface area contributed by atoms with Crippen LogP contribution in [0.15, 0.2) is 12.1 Å². The summed E-state index contributed by atoms with van der Waals surface area (Å²) in [6.45, 7) is 3.12. The number of phenols is 1. The minimum absolute atomic E-state index is 0.0856. The smallest absolute Gasteiger partial charge is 0.339 e. The molecule has 0 aromatic heterocycles. The molecular formula is C14H19NO4. The van der Waals surface area contributed by atoms with Gasteiger partial charge < -0.3 is 20.7 Å². The predicted molar refractivity (Wildman–Crippen MR) is 70.3 cm³/mol. The van der Waals surface area contributed by atoms with Gasteiger partial charge in [-0.3, -0.25) is 0 Å². The lowest BCUT2D eigenvalue weighted by Gasteiger charge is -2.28. The van der Waals surface area contributed by atoms with Crippen molar-refractivity contribution in [2.45, 2.75) is 25.8 Å². The number of aromatic hydroxyl groups is 1. The van der Waals surface area contributed by atoms with Crippen LogP contribution in [0.5, 0.6) is 5.75 Å². The summed E-state index contributed by atoms with van der Waals surface area (Å²) in [4.78, 5) is 11.1. The van der Waals surface area contributed by atoms with E-state index in [0.717, 1.165) is 18.4 Å². The van der Waals surface area contributed by atoms with Crippen molar-refractivity contribution in [1.82, 2.24) is 0 Å². The van der Waals surface area contributed by atoms with Gasteiger partial charge in [0, 0.05) is 24.8 Å². The van der Waals surface area contributed by atoms with Crippen molar-refractivity contribution < 1.29 is 19.7 Å². The maximum atomic E-state index is 11.1. The number of aromatic carboxylic acids is 1. The molecule has 1 heterocycles. The zero-order valence-corrected chi connectivity index (χ0v) is 10.9. The highest BCUT2D eigenvalue weighted by Crippen LogP contribution is 2.35. The van der Waals surface area contributed by atoms with Crippen molar-refractivity contribution in [1.29, 1.82) is 0 Å². The molecule has 1 fully saturated rings. The summed E-state index contributed by atoms with van der Waals surface area (Å²) < 4.78 is 5.29. The third kappa shape index (κ3) is 2.88. The molecule has 0 aliphatic carbocycles. The summed E-state index contributed by atoms with van der Waals surface area (Å²) >= 11 is 0. The SMILES string of the molecule is Cc1cc(C(=O)O)c(O)c([C@@H](N)C2CCOCC2)c1. The average Bonchev–Trinajstić information content (AvgIpc) is 2.41. The molecule has 0 spiro atoms. The quantitative estimate of drug-likeness (QED) is 0.775. The molecule has 5 nitrogen and oxygen atoms in total. The Morgan fingerprint density at radius 2 is 2.05 bits per heavy atom. The Bertz CT molecular complexity index is 481. The Labute approximate surface area is 112 Å². The van der Waals surface area contributed by atoms with Gasteiger partial charge in [0.15, 0.2) is 0 Å². The van der Waals surface area contributed by atoms with Gasteiger partial charge in [0.2, 0.25) is 0 Å². The number of rotatable bonds is 3. The van der Waals surface area contributed by atoms with Crippen LogP contribution < -0.4 is 5.73 Å². The van der Waals surface area contributed by atoms with E-state index in [4.69, 9.17) is 15.6 Å². The van der Waals surface area contributed by atoms with E-state index >= 15 is 0 Å². The first-order valence-electron chi connectivity index (χ1n) is 6.41. The molecule has 0 radical (unpaired) electrons. The molecule has 0 amide bonds. The van der Waals surface area contributed by atoms with Crippen molar-refractivity contribution in [2.24, 2.45) is 11.7 Å². The lowest BCUT2D eigenvalue weighted by Crippen LogP contribution is -2.27. The Hall–Kier alpha value is -1.59. The highest BCUT2D eigenvalue weighted by Gasteiger charge is 2.26. The van der Waals surface area contributed by atoms with E-state index in [1.54, 1.807) is 13.0 Å². The van der Waals surface area contributed by atoms with Gasteiger partial charge >= 0.3 is 5.97 Å². The first kappa shape index (κ1) is 13.8. The van der Waals surface area contributed by atoms with Crippen LogP contribution in [0.3, 0.4) is 0 Å². The summed E-state index contributed by atoms with van der Waals surface area (Å²) in [5.41, 5.74) is 7.42. The molecule has 0 saturated carbocycles. The van der Waals surface area contributed by atoms with Crippen molar-refractivity contribution in [3.8, 4) is 5.75 Å². The van der Waals surface area contributed by atoms with Crippen LogP contribution in [-0.2, 0) is 4.74 Å². The summed E-state index contributed by atoms with van der Waals surface area (Å²) in [6.07, 6.45) is 1.66. The number of hydrogen-bond acceptors (Lipinski definition) is 4. The third-order valence-electron chi connectivity index (χ3n) is 3.65. The molecule has 0 unspecified atom stereocenters. The molecular weight excluding hydrogens is 246 g/mol. The fraction of sp³-hybridized carbons (Fsp3) is 0.500. The Morgan fingerprint density at radius 3 is 2.63 bits per heavy atom. The van der Waals surface area contributed by atoms with Crippen LogP contribution in [-0.4, -0.2) is 29.4 Å². The number of aryl methyl sites for hydroxylation is 1. The van der Waals surface area contributed by atoms with E-state index in [-0.39, 0.29) is 23.3 Å². The molecule has 1 aromatic carbocycles. The van der Waals surface area contributed by atoms with Gasteiger partial charge in [0.25, 0.3) is 0 Å². The number of ether oxygens (including phenoxy) is 1. The number of carbonyl (C=O) groups is 1. The van der Waals surface area contributed by atoms with E-state index in [0.29, 0.717) is 18.8 Å². The summed E-state index contributed by atoms with van der Waals surface area (Å²) in [5, 5.41) is 19.2. The number of hydrogen-bond donors (Lipinski definition) is 3. The lowest BCUT2D eigenvalue weighted by molar-refractivity contribution is 0.0579. The molecule has 1 aromatic rings. The first-order valence-corrected chi connectivity index (χ1v) is 6.41. The maximum Gasteiger partial charge on any atom is 0.339 e. The van der Waals surface area contributed by atoms with E-state index in [9.17, 15) is 9.90 Å². The van der Waals surface area contributed by atoms with Gasteiger partial charge in [-0.15, -0.1) is 0 Å². The Morgan fingerprint density at radius 1 is 1.42 bits per heavy atom. The lowest BCUT2D eigenvalue weighted by atomic mass is 9.86. The van der Waals surface area contributed by atoms with Gasteiger partial charge in [-0.05, 0) is 37.3 Å². The Kier molecular flexibility index (Phi) is 4.07. The zero-order chi connectivity index (χ0) is 14.0. The zero-order valence-electron chi connectivity index (χ0n) is 10.9. The molecule has 1 atom stereocenters. The first-order chi connectivity index (χ1) is 9.00. The minimum atomic E-state index is -1.14. The molecule has 1 aliphatic rings. The fourth-order valence-corrected chi connectivity index (χ4v) is 2.55. The standard InChI is InChI=1S/C14H19NO4/c1-8-6-10(13(16)11(7-8)14(17)18)12(15)9-2-4-19-5-3-9/h6-7,9,12,16H,2-5,15H2,1H3,(H,17,18)/t12-/m0/s1. The molecule has 104 valence electrons. The van der Waals surface area contributed by atoms with Crippen molar-refractivity contribution in [3.63, 3.8) is 0 Å². The minimum Gasteiger partial charge on any atom is -0.507 e. The van der Waals surface area contributed by atoms with Crippen molar-refractivity contribution in [3.05, 3.63) is 28.8 Å². The summed E-state index contributed by atoms with van der Waals surface area (Å²) in [5.74, 6) is -1.14. The van der Waals surface area contributed by atoms with Gasteiger partial charge in [-0.1, -0.05) is 6.07 Å². The Balaban J connectivity index is 2.35. The van der Waals surface area contributed by atoms with Crippen LogP contribution in [0.1, 0.15) is 40.4 Å². The van der Waals surface area contributed by atoms with E-state index in [2.05, 4.69) is 0 Å². The second-order valence-electron chi connectivity index (χ2n) is 5.03. The second-order valence-corrected chi connectivity index (χ2v) is 5.03. The molecule has 0 bridgehead atoms. The third-order valence-corrected chi connectivity index (χ3v) is 3.65. The normalized spacial score (nSPS) is 18.2. The van der Waals surface area contributed by atoms with Crippen LogP contribution in [0.25, 0.3) is 0 Å². The molecule has 1 aliphatic heterocycles. The van der Waals surface area contributed by atoms with E-state index < -0.39 is 5.97 Å². The summed E-state index contributed by atoms with van der Waals surface area (Å²) in [6, 6.07) is 2.86. The number of carboxylic acid groups (broad SMARTS) is 1. The number of carboxylic acids is 1. The van der Waals surface area contributed by atoms with E-state index in [1.807, 2.05) is 0 Å². The fourth-order valence-electron chi connectivity index (χ4n) is 2.55. The molecule has 5 heteroatoms. The van der Waals surface area contributed by atoms with Crippen LogP contribution in [0, 0.1) is 12.8 Å². The highest BCUT2D eigenvalue weighted by atomic mass is 16.5. The average molecular weight is 265 g/mol. The predicted octanol–water partition coefficient (Wildman–Crippen LogP) is 1.83. The van der Waals surface area contributed by atoms with Gasteiger partial charge in [0.05, 0.1) is 0 Å². The van der Waals surface area contributed by atoms with Crippen molar-refractivity contribution in [2.75, 3.05) is 13.2 Å². The van der Waals surface area contributed by atoms with Gasteiger partial charge in [-0.2, -0.15) is 0 Å². The molecule has 2 rings (SSSR count). The molecule has 1 saturated heterocycles. The highest BCUT2D eigenvalue weighted by molar-refractivity contribution is 5.91. The van der Waals surface area contributed by atoms with Crippen molar-refractivity contribution >= 4 is 5.97 Å². The van der Waals surface area contributed by atoms with E-state index in [1.165, 1.54) is 6.07 Å². The topological polar surface area (TPSA) is 92.8 Å². The van der Waals surface area contributed by atoms with Crippen LogP contribution >= 0.6 is 0 Å². The maximum absolute atomic E-state index is 11.1. The largest absolute Gasteiger partial charge is 0.507 e. The number of benzene rings is 1. The van der Waals surface area contributed by atoms with Crippen LogP contribution in [0.2, 0.25) is 0 Å². The summed E-state index contributed by atoms with van der Waals surface area (Å²) in [7, 11) is 0.